The molecular weight excluding hydrogens is 698 g/mol. The molecule has 2 aliphatic rings. The standard InChI is InChI=1S/C40H47Cl2FN8O/c1-24(10-9-11-25(2)38(52)39(3,4)5)35(34-23-51(49-48-34)29-14-16-50(17-15-29)40(6,7)8)47-28-18-30-36(46-27-12-13-33(43)31(41)19-27)26(21-44)22-45-37(30)32(42)20-28/h9-13,18-20,22-23,29,35,47-49H,1,14-17H2,2-8H3,(H,45,46)/b10-9-,25-11+/t35-/m0/s1. The number of hydrazine groups is 2. The average molecular weight is 746 g/mol. The topological polar surface area (TPSA) is 108 Å². The van der Waals surface area contributed by atoms with Crippen LogP contribution in [0.2, 0.25) is 10.0 Å². The van der Waals surface area contributed by atoms with Gasteiger partial charge in [-0.1, -0.05) is 68.8 Å². The summed E-state index contributed by atoms with van der Waals surface area (Å²) in [6.45, 7) is 20.7. The number of halogens is 3. The predicted octanol–water partition coefficient (Wildman–Crippen LogP) is 9.18. The Hall–Kier alpha value is -4.40. The molecule has 1 fully saturated rings. The second-order valence-corrected chi connectivity index (χ2v) is 16.1. The molecule has 1 atom stereocenters. The number of nitrogens with zero attached hydrogens (tertiary/aromatic N) is 4. The molecule has 0 saturated carbocycles. The van der Waals surface area contributed by atoms with Gasteiger partial charge in [-0.15, -0.1) is 5.53 Å². The molecule has 0 bridgehead atoms. The van der Waals surface area contributed by atoms with Gasteiger partial charge >= 0.3 is 0 Å². The molecule has 2 aromatic carbocycles. The van der Waals surface area contributed by atoms with E-state index >= 15 is 0 Å². The summed E-state index contributed by atoms with van der Waals surface area (Å²) in [5.41, 5.74) is 10.9. The first kappa shape index (κ1) is 38.8. The monoisotopic (exact) mass is 744 g/mol. The van der Waals surface area contributed by atoms with Gasteiger partial charge in [-0.3, -0.25) is 19.7 Å². The SMILES string of the molecule is C=C(/C=C\C=C(/C)C(=O)C(C)(C)C)[C@H](Nc1cc(Cl)c2ncc(C#N)c(Nc3ccc(F)c(Cl)c3)c2c1)C1=CN(C2CCN(C(C)(C)C)CC2)NN1. The highest BCUT2D eigenvalue weighted by molar-refractivity contribution is 6.36. The van der Waals surface area contributed by atoms with Gasteiger partial charge in [-0.25, -0.2) is 4.39 Å². The summed E-state index contributed by atoms with van der Waals surface area (Å²) in [4.78, 5) is 19.8. The summed E-state index contributed by atoms with van der Waals surface area (Å²) < 4.78 is 13.9. The van der Waals surface area contributed by atoms with Crippen molar-refractivity contribution in [2.75, 3.05) is 23.7 Å². The van der Waals surface area contributed by atoms with Crippen molar-refractivity contribution in [1.29, 1.82) is 5.26 Å². The van der Waals surface area contributed by atoms with Gasteiger partial charge in [0.2, 0.25) is 0 Å². The van der Waals surface area contributed by atoms with Gasteiger partial charge in [0.25, 0.3) is 0 Å². The van der Waals surface area contributed by atoms with Crippen LogP contribution >= 0.6 is 23.2 Å². The Kier molecular flexibility index (Phi) is 11.7. The number of ketones is 1. The van der Waals surface area contributed by atoms with E-state index in [-0.39, 0.29) is 21.9 Å². The fourth-order valence-electron chi connectivity index (χ4n) is 6.40. The van der Waals surface area contributed by atoms with Crippen molar-refractivity contribution in [3.05, 3.63) is 106 Å². The number of fused-ring (bicyclic) bond motifs is 1. The third kappa shape index (κ3) is 8.96. The van der Waals surface area contributed by atoms with Gasteiger partial charge in [0.15, 0.2) is 5.78 Å². The molecule has 274 valence electrons. The van der Waals surface area contributed by atoms with E-state index in [0.29, 0.717) is 44.6 Å². The molecule has 12 heteroatoms. The van der Waals surface area contributed by atoms with Crippen molar-refractivity contribution in [3.63, 3.8) is 0 Å². The summed E-state index contributed by atoms with van der Waals surface area (Å²) in [7, 11) is 0. The zero-order valence-electron chi connectivity index (χ0n) is 30.8. The molecule has 0 spiro atoms. The van der Waals surface area contributed by atoms with Crippen molar-refractivity contribution < 1.29 is 9.18 Å². The molecule has 5 rings (SSSR count). The number of likely N-dealkylation sites (tertiary alicyclic amines) is 1. The number of hydrogen-bond donors (Lipinski definition) is 4. The van der Waals surface area contributed by atoms with E-state index in [4.69, 9.17) is 23.2 Å². The van der Waals surface area contributed by atoms with Gasteiger partial charge in [0.05, 0.1) is 38.6 Å². The van der Waals surface area contributed by atoms with E-state index < -0.39 is 17.3 Å². The van der Waals surface area contributed by atoms with E-state index in [2.05, 4.69) is 76.1 Å². The van der Waals surface area contributed by atoms with Crippen LogP contribution in [0.5, 0.6) is 0 Å². The van der Waals surface area contributed by atoms with Crippen molar-refractivity contribution in [2.45, 2.75) is 78.9 Å². The first-order chi connectivity index (χ1) is 24.5. The van der Waals surface area contributed by atoms with Crippen molar-refractivity contribution >= 4 is 57.0 Å². The summed E-state index contributed by atoms with van der Waals surface area (Å²) in [5.74, 6) is -0.481. The Morgan fingerprint density at radius 2 is 1.81 bits per heavy atom. The molecule has 0 unspecified atom stereocenters. The largest absolute Gasteiger partial charge is 0.373 e. The summed E-state index contributed by atoms with van der Waals surface area (Å²) in [6, 6.07) is 9.92. The van der Waals surface area contributed by atoms with Gasteiger partial charge in [-0.05, 0) is 82.0 Å². The Morgan fingerprint density at radius 3 is 2.44 bits per heavy atom. The first-order valence-electron chi connectivity index (χ1n) is 17.3. The van der Waals surface area contributed by atoms with Crippen LogP contribution in [-0.2, 0) is 4.79 Å². The molecule has 3 heterocycles. The summed E-state index contributed by atoms with van der Waals surface area (Å²) in [5, 5.41) is 19.8. The number of aromatic nitrogens is 1. The predicted molar refractivity (Wildman–Crippen MR) is 211 cm³/mol. The number of Topliss-reactive ketones (excluding diaryl/α,β-unsaturated/α-hetero) is 1. The average Bonchev–Trinajstić information content (AvgIpc) is 3.58. The molecule has 2 aliphatic heterocycles. The van der Waals surface area contributed by atoms with E-state index in [1.165, 1.54) is 18.3 Å². The van der Waals surface area contributed by atoms with Gasteiger partial charge in [0, 0.05) is 59.2 Å². The maximum Gasteiger partial charge on any atom is 0.163 e. The third-order valence-corrected chi connectivity index (χ3v) is 9.91. The quantitative estimate of drug-likeness (QED) is 0.119. The lowest BCUT2D eigenvalue weighted by Crippen LogP contribution is -2.52. The van der Waals surface area contributed by atoms with E-state index in [9.17, 15) is 14.4 Å². The van der Waals surface area contributed by atoms with Crippen molar-refractivity contribution in [3.8, 4) is 6.07 Å². The van der Waals surface area contributed by atoms with Gasteiger partial charge in [0.1, 0.15) is 11.9 Å². The Balaban J connectivity index is 1.50. The molecule has 4 N–H and O–H groups in total. The number of nitrogens with one attached hydrogen (secondary N) is 4. The smallest absolute Gasteiger partial charge is 0.163 e. The van der Waals surface area contributed by atoms with Crippen LogP contribution in [0.3, 0.4) is 0 Å². The fraction of sp³-hybridized carbons (Fsp3) is 0.375. The molecule has 3 aromatic rings. The number of piperidine rings is 1. The fourth-order valence-corrected chi connectivity index (χ4v) is 6.85. The van der Waals surface area contributed by atoms with Crippen molar-refractivity contribution in [2.24, 2.45) is 5.41 Å². The Morgan fingerprint density at radius 1 is 1.12 bits per heavy atom. The Labute approximate surface area is 316 Å². The number of anilines is 3. The summed E-state index contributed by atoms with van der Waals surface area (Å²) >= 11 is 12.9. The third-order valence-electron chi connectivity index (χ3n) is 9.34. The minimum atomic E-state index is -0.549. The normalized spacial score (nSPS) is 16.8. The lowest BCUT2D eigenvalue weighted by molar-refractivity contribution is -0.122. The number of rotatable bonds is 10. The van der Waals surface area contributed by atoms with E-state index in [0.717, 1.165) is 37.2 Å². The minimum absolute atomic E-state index is 0.0516. The van der Waals surface area contributed by atoms with Gasteiger partial charge in [-0.2, -0.15) is 5.26 Å². The van der Waals surface area contributed by atoms with Crippen LogP contribution in [0, 0.1) is 22.6 Å². The first-order valence-corrected chi connectivity index (χ1v) is 18.1. The number of carbonyl (C=O) groups is 1. The number of carbonyl (C=O) groups excluding carboxylic acids is 1. The van der Waals surface area contributed by atoms with E-state index in [1.54, 1.807) is 12.1 Å². The molecule has 52 heavy (non-hydrogen) atoms. The molecule has 0 amide bonds. The highest BCUT2D eigenvalue weighted by Gasteiger charge is 2.32. The number of pyridine rings is 1. The Bertz CT molecular complexity index is 2000. The second kappa shape index (κ2) is 15.7. The van der Waals surface area contributed by atoms with Crippen LogP contribution in [0.4, 0.5) is 21.5 Å². The van der Waals surface area contributed by atoms with Crippen LogP contribution in [0.25, 0.3) is 10.9 Å². The molecule has 1 aromatic heterocycles. The molecule has 0 radical (unpaired) electrons. The minimum Gasteiger partial charge on any atom is -0.373 e. The number of nitriles is 1. The highest BCUT2D eigenvalue weighted by Crippen LogP contribution is 2.36. The molecule has 1 saturated heterocycles. The maximum atomic E-state index is 13.9. The number of benzene rings is 2. The molecular formula is C40H47Cl2FN8O. The van der Waals surface area contributed by atoms with Crippen LogP contribution in [0.15, 0.2) is 84.4 Å². The number of hydrogen-bond acceptors (Lipinski definition) is 9. The van der Waals surface area contributed by atoms with Gasteiger partial charge < -0.3 is 16.1 Å². The maximum absolute atomic E-state index is 13.9. The highest BCUT2D eigenvalue weighted by atomic mass is 35.5. The van der Waals surface area contributed by atoms with Crippen LogP contribution < -0.4 is 21.6 Å². The van der Waals surface area contributed by atoms with Crippen LogP contribution in [0.1, 0.15) is 66.9 Å². The van der Waals surface area contributed by atoms with E-state index in [1.807, 2.05) is 52.0 Å². The zero-order valence-corrected chi connectivity index (χ0v) is 32.3. The summed E-state index contributed by atoms with van der Waals surface area (Å²) in [6.07, 6.45) is 11.1. The van der Waals surface area contributed by atoms with Crippen molar-refractivity contribution in [1.82, 2.24) is 25.9 Å². The lowest BCUT2D eigenvalue weighted by atomic mass is 9.87. The molecule has 0 aliphatic carbocycles. The lowest BCUT2D eigenvalue weighted by Gasteiger charge is -2.42. The van der Waals surface area contributed by atoms with Crippen LogP contribution in [-0.4, -0.2) is 51.4 Å². The number of allylic oxidation sites excluding steroid dienone is 3. The zero-order chi connectivity index (χ0) is 38.0. The molecule has 9 nitrogen and oxygen atoms in total. The second-order valence-electron chi connectivity index (χ2n) is 15.3.